The third kappa shape index (κ3) is 2.88. The number of rotatable bonds is 4. The topological polar surface area (TPSA) is 48.7 Å². The van der Waals surface area contributed by atoms with Gasteiger partial charge in [0.15, 0.2) is 11.5 Å². The largest absolute Gasteiger partial charge is 0.477 e. The van der Waals surface area contributed by atoms with E-state index in [0.29, 0.717) is 22.5 Å². The van der Waals surface area contributed by atoms with Crippen molar-refractivity contribution < 1.29 is 13.9 Å². The first-order valence-corrected chi connectivity index (χ1v) is 5.45. The Balaban J connectivity index is 2.50. The van der Waals surface area contributed by atoms with Gasteiger partial charge in [-0.2, -0.15) is 0 Å². The quantitative estimate of drug-likeness (QED) is 0.617. The fraction of sp³-hybridized carbons (Fsp3) is 0.133. The Bertz CT molecular complexity index is 728. The molecule has 0 saturated heterocycles. The Morgan fingerprint density at radius 2 is 1.68 bits per heavy atom. The molecule has 94 valence electrons. The van der Waals surface area contributed by atoms with E-state index in [1.807, 2.05) is 0 Å². The maximum Gasteiger partial charge on any atom is 0.336 e. The van der Waals surface area contributed by atoms with Gasteiger partial charge in [-0.1, -0.05) is 11.8 Å². The molecule has 0 atom stereocenters. The van der Waals surface area contributed by atoms with E-state index in [1.54, 1.807) is 18.2 Å². The van der Waals surface area contributed by atoms with Crippen molar-refractivity contribution in [1.82, 2.24) is 0 Å². The third-order valence-corrected chi connectivity index (χ3v) is 2.31. The van der Waals surface area contributed by atoms with E-state index < -0.39 is 5.63 Å². The maximum absolute atomic E-state index is 11.2. The van der Waals surface area contributed by atoms with Gasteiger partial charge in [0.2, 0.25) is 0 Å². The van der Waals surface area contributed by atoms with Crippen LogP contribution in [0.4, 0.5) is 0 Å². The van der Waals surface area contributed by atoms with Gasteiger partial charge in [0, 0.05) is 17.5 Å². The van der Waals surface area contributed by atoms with Crippen LogP contribution in [0.3, 0.4) is 0 Å². The first-order chi connectivity index (χ1) is 9.24. The summed E-state index contributed by atoms with van der Waals surface area (Å²) >= 11 is 0. The van der Waals surface area contributed by atoms with Crippen LogP contribution in [0.1, 0.15) is 0 Å². The minimum Gasteiger partial charge on any atom is -0.477 e. The van der Waals surface area contributed by atoms with Gasteiger partial charge in [-0.3, -0.25) is 0 Å². The highest BCUT2D eigenvalue weighted by Crippen LogP contribution is 2.32. The van der Waals surface area contributed by atoms with Crippen LogP contribution in [0.25, 0.3) is 11.0 Å². The second kappa shape index (κ2) is 5.66. The fourth-order valence-corrected chi connectivity index (χ4v) is 1.54. The van der Waals surface area contributed by atoms with E-state index in [1.165, 1.54) is 6.07 Å². The number of hydrogen-bond donors (Lipinski definition) is 0. The highest BCUT2D eigenvalue weighted by Gasteiger charge is 2.09. The molecule has 0 aliphatic heterocycles. The summed E-state index contributed by atoms with van der Waals surface area (Å²) in [5, 5.41) is 0.708. The summed E-state index contributed by atoms with van der Waals surface area (Å²) in [4.78, 5) is 11.2. The van der Waals surface area contributed by atoms with Gasteiger partial charge >= 0.3 is 5.63 Å². The smallest absolute Gasteiger partial charge is 0.336 e. The zero-order valence-corrected chi connectivity index (χ0v) is 10.0. The summed E-state index contributed by atoms with van der Waals surface area (Å²) in [6, 6.07) is 6.20. The lowest BCUT2D eigenvalue weighted by Crippen LogP contribution is -2.01. The minimum atomic E-state index is -0.437. The van der Waals surface area contributed by atoms with Crippen LogP contribution >= 0.6 is 0 Å². The van der Waals surface area contributed by atoms with Gasteiger partial charge in [0.05, 0.1) is 0 Å². The van der Waals surface area contributed by atoms with Gasteiger partial charge in [0.25, 0.3) is 0 Å². The summed E-state index contributed by atoms with van der Waals surface area (Å²) in [5.41, 5.74) is -0.0414. The van der Waals surface area contributed by atoms with E-state index in [4.69, 9.17) is 26.7 Å². The van der Waals surface area contributed by atoms with Crippen molar-refractivity contribution in [2.24, 2.45) is 0 Å². The molecule has 0 aliphatic rings. The Morgan fingerprint density at radius 1 is 1.05 bits per heavy atom. The maximum atomic E-state index is 11.2. The summed E-state index contributed by atoms with van der Waals surface area (Å²) < 4.78 is 15.8. The van der Waals surface area contributed by atoms with Crippen LogP contribution < -0.4 is 15.1 Å². The van der Waals surface area contributed by atoms with Crippen molar-refractivity contribution in [3.8, 4) is 36.2 Å². The molecule has 0 fully saturated rings. The Hall–Kier alpha value is -2.85. The lowest BCUT2D eigenvalue weighted by Gasteiger charge is -2.10. The van der Waals surface area contributed by atoms with E-state index in [2.05, 4.69) is 11.8 Å². The molecule has 4 nitrogen and oxygen atoms in total. The van der Waals surface area contributed by atoms with E-state index in [9.17, 15) is 4.79 Å². The molecule has 0 N–H and O–H groups in total. The number of fused-ring (bicyclic) bond motifs is 1. The molecule has 0 saturated carbocycles. The molecular weight excluding hydrogens is 244 g/mol. The van der Waals surface area contributed by atoms with Crippen molar-refractivity contribution in [2.75, 3.05) is 13.2 Å². The van der Waals surface area contributed by atoms with Crippen LogP contribution in [-0.2, 0) is 0 Å². The molecule has 4 heteroatoms. The summed E-state index contributed by atoms with van der Waals surface area (Å²) in [7, 11) is 0. The first kappa shape index (κ1) is 12.6. The third-order valence-electron chi connectivity index (χ3n) is 2.31. The van der Waals surface area contributed by atoms with Crippen molar-refractivity contribution >= 4 is 11.0 Å². The average Bonchev–Trinajstić information content (AvgIpc) is 2.42. The SMILES string of the molecule is C#CCOc1cc2ccc(=O)oc2cc1OCC#C. The van der Waals surface area contributed by atoms with Gasteiger partial charge in [-0.15, -0.1) is 12.8 Å². The molecule has 0 bridgehead atoms. The van der Waals surface area contributed by atoms with Gasteiger partial charge < -0.3 is 13.9 Å². The highest BCUT2D eigenvalue weighted by atomic mass is 16.5. The summed E-state index contributed by atoms with van der Waals surface area (Å²) in [6.07, 6.45) is 10.3. The van der Waals surface area contributed by atoms with Crippen molar-refractivity contribution in [3.63, 3.8) is 0 Å². The molecule has 0 spiro atoms. The fourth-order valence-electron chi connectivity index (χ4n) is 1.54. The first-order valence-electron chi connectivity index (χ1n) is 5.45. The van der Waals surface area contributed by atoms with Gasteiger partial charge in [-0.25, -0.2) is 4.79 Å². The summed E-state index contributed by atoms with van der Waals surface area (Å²) in [5.74, 6) is 5.55. The number of benzene rings is 1. The zero-order chi connectivity index (χ0) is 13.7. The molecule has 1 aromatic heterocycles. The number of ether oxygens (including phenoxy) is 2. The molecule has 2 rings (SSSR count). The van der Waals surface area contributed by atoms with Crippen molar-refractivity contribution in [3.05, 3.63) is 34.7 Å². The van der Waals surface area contributed by atoms with Crippen LogP contribution in [0.5, 0.6) is 11.5 Å². The number of hydrogen-bond acceptors (Lipinski definition) is 4. The Labute approximate surface area is 109 Å². The predicted octanol–water partition coefficient (Wildman–Crippen LogP) is 1.82. The lowest BCUT2D eigenvalue weighted by atomic mass is 10.2. The van der Waals surface area contributed by atoms with Crippen molar-refractivity contribution in [2.45, 2.75) is 0 Å². The van der Waals surface area contributed by atoms with Gasteiger partial charge in [-0.05, 0) is 12.1 Å². The molecule has 1 aromatic carbocycles. The molecule has 0 unspecified atom stereocenters. The lowest BCUT2D eigenvalue weighted by molar-refractivity contribution is 0.314. The Morgan fingerprint density at radius 3 is 2.32 bits per heavy atom. The summed E-state index contributed by atoms with van der Waals surface area (Å²) in [6.45, 7) is 0.184. The minimum absolute atomic E-state index is 0.0784. The molecule has 2 aromatic rings. The van der Waals surface area contributed by atoms with Crippen LogP contribution in [0.2, 0.25) is 0 Å². The monoisotopic (exact) mass is 254 g/mol. The molecule has 0 aliphatic carbocycles. The molecule has 1 heterocycles. The normalized spacial score (nSPS) is 9.58. The second-order valence-corrected chi connectivity index (χ2v) is 3.58. The average molecular weight is 254 g/mol. The molecule has 0 radical (unpaired) electrons. The van der Waals surface area contributed by atoms with E-state index in [0.717, 1.165) is 0 Å². The predicted molar refractivity (Wildman–Crippen MR) is 71.1 cm³/mol. The molecular formula is C15H10O4. The zero-order valence-electron chi connectivity index (χ0n) is 10.0. The highest BCUT2D eigenvalue weighted by molar-refractivity contribution is 5.80. The van der Waals surface area contributed by atoms with Crippen LogP contribution in [0.15, 0.2) is 33.5 Å². The van der Waals surface area contributed by atoms with Crippen LogP contribution in [-0.4, -0.2) is 13.2 Å². The Kier molecular flexibility index (Phi) is 3.75. The number of terminal acetylenes is 2. The van der Waals surface area contributed by atoms with Crippen LogP contribution in [0, 0.1) is 24.7 Å². The van der Waals surface area contributed by atoms with Crippen molar-refractivity contribution in [1.29, 1.82) is 0 Å². The standard InChI is InChI=1S/C15H10O4/c1-3-7-17-13-9-11-5-6-15(16)19-12(11)10-14(13)18-8-4-2/h1-2,5-6,9-10H,7-8H2. The van der Waals surface area contributed by atoms with E-state index >= 15 is 0 Å². The second-order valence-electron chi connectivity index (χ2n) is 3.58. The molecule has 0 amide bonds. The van der Waals surface area contributed by atoms with E-state index in [-0.39, 0.29) is 13.2 Å². The van der Waals surface area contributed by atoms with Gasteiger partial charge in [0.1, 0.15) is 18.8 Å². The molecule has 19 heavy (non-hydrogen) atoms.